The van der Waals surface area contributed by atoms with Gasteiger partial charge >= 0.3 is 5.97 Å². The maximum atomic E-state index is 11.6. The van der Waals surface area contributed by atoms with E-state index in [2.05, 4.69) is 0 Å². The first-order valence-electron chi connectivity index (χ1n) is 4.79. The number of benzene rings is 1. The molecule has 2 nitrogen and oxygen atoms in total. The van der Waals surface area contributed by atoms with E-state index in [1.54, 1.807) is 6.07 Å². The van der Waals surface area contributed by atoms with Crippen molar-refractivity contribution in [1.29, 1.82) is 0 Å². The van der Waals surface area contributed by atoms with Gasteiger partial charge in [-0.15, -0.1) is 12.4 Å². The van der Waals surface area contributed by atoms with Crippen molar-refractivity contribution in [1.82, 2.24) is 0 Å². The molecule has 3 heteroatoms. The third-order valence-electron chi connectivity index (χ3n) is 2.17. The highest BCUT2D eigenvalue weighted by atomic mass is 35.5. The first-order chi connectivity index (χ1) is 6.52. The van der Waals surface area contributed by atoms with Crippen LogP contribution in [0, 0.1) is 13.8 Å². The van der Waals surface area contributed by atoms with Gasteiger partial charge in [-0.1, -0.05) is 12.1 Å². The van der Waals surface area contributed by atoms with E-state index in [9.17, 15) is 4.79 Å². The minimum Gasteiger partial charge on any atom is -0.459 e. The molecule has 0 aliphatic carbocycles. The molecule has 0 amide bonds. The van der Waals surface area contributed by atoms with Crippen LogP contribution in [0.2, 0.25) is 0 Å². The van der Waals surface area contributed by atoms with Crippen LogP contribution in [0.3, 0.4) is 0 Å². The van der Waals surface area contributed by atoms with Crippen molar-refractivity contribution in [3.63, 3.8) is 0 Å². The molecule has 0 spiro atoms. The number of hydrogen-bond acceptors (Lipinski definition) is 2. The SMILES string of the molecule is Cc1cccc(C(=O)OC(C)C)c1C.Cl. The van der Waals surface area contributed by atoms with Crippen LogP contribution < -0.4 is 0 Å². The lowest BCUT2D eigenvalue weighted by atomic mass is 10.0. The molecule has 0 radical (unpaired) electrons. The van der Waals surface area contributed by atoms with Crippen molar-refractivity contribution >= 4 is 18.4 Å². The van der Waals surface area contributed by atoms with E-state index in [1.165, 1.54) is 0 Å². The fourth-order valence-corrected chi connectivity index (χ4v) is 1.25. The van der Waals surface area contributed by atoms with Gasteiger partial charge in [0.2, 0.25) is 0 Å². The molecule has 1 rings (SSSR count). The predicted molar refractivity (Wildman–Crippen MR) is 63.7 cm³/mol. The van der Waals surface area contributed by atoms with Crippen LogP contribution in [0.4, 0.5) is 0 Å². The van der Waals surface area contributed by atoms with Crippen LogP contribution in [0.5, 0.6) is 0 Å². The van der Waals surface area contributed by atoms with Gasteiger partial charge in [0.15, 0.2) is 0 Å². The predicted octanol–water partition coefficient (Wildman–Crippen LogP) is 3.29. The number of halogens is 1. The van der Waals surface area contributed by atoms with E-state index in [0.717, 1.165) is 11.1 Å². The number of rotatable bonds is 2. The Morgan fingerprint density at radius 3 is 2.40 bits per heavy atom. The molecule has 84 valence electrons. The summed E-state index contributed by atoms with van der Waals surface area (Å²) in [6.07, 6.45) is -0.0672. The van der Waals surface area contributed by atoms with Crippen LogP contribution in [0.15, 0.2) is 18.2 Å². The molecule has 0 N–H and O–H groups in total. The Labute approximate surface area is 97.0 Å². The van der Waals surface area contributed by atoms with E-state index in [-0.39, 0.29) is 24.5 Å². The van der Waals surface area contributed by atoms with E-state index < -0.39 is 0 Å². The number of aryl methyl sites for hydroxylation is 1. The Bertz CT molecular complexity index is 345. The van der Waals surface area contributed by atoms with Crippen LogP contribution in [-0.4, -0.2) is 12.1 Å². The molecule has 15 heavy (non-hydrogen) atoms. The summed E-state index contributed by atoms with van der Waals surface area (Å²) in [5.41, 5.74) is 2.78. The number of esters is 1. The number of carbonyl (C=O) groups is 1. The number of hydrogen-bond donors (Lipinski definition) is 0. The standard InChI is InChI=1S/C12H16O2.ClH/c1-8(2)14-12(13)11-7-5-6-9(3)10(11)4;/h5-8H,1-4H3;1H. The van der Waals surface area contributed by atoms with Crippen molar-refractivity contribution in [3.05, 3.63) is 34.9 Å². The van der Waals surface area contributed by atoms with Crippen molar-refractivity contribution in [2.24, 2.45) is 0 Å². The zero-order chi connectivity index (χ0) is 10.7. The van der Waals surface area contributed by atoms with E-state index >= 15 is 0 Å². The minimum absolute atomic E-state index is 0. The smallest absolute Gasteiger partial charge is 0.338 e. The summed E-state index contributed by atoms with van der Waals surface area (Å²) < 4.78 is 5.13. The molecule has 0 aromatic heterocycles. The third kappa shape index (κ3) is 3.56. The first-order valence-corrected chi connectivity index (χ1v) is 4.79. The monoisotopic (exact) mass is 228 g/mol. The first kappa shape index (κ1) is 14.0. The zero-order valence-corrected chi connectivity index (χ0v) is 10.4. The Balaban J connectivity index is 0.00000196. The molecule has 1 aromatic rings. The van der Waals surface area contributed by atoms with Gasteiger partial charge in [0.05, 0.1) is 11.7 Å². The fourth-order valence-electron chi connectivity index (χ4n) is 1.25. The fraction of sp³-hybridized carbons (Fsp3) is 0.417. The maximum absolute atomic E-state index is 11.6. The lowest BCUT2D eigenvalue weighted by Crippen LogP contribution is -2.13. The van der Waals surface area contributed by atoms with Gasteiger partial charge in [0, 0.05) is 0 Å². The molecule has 0 atom stereocenters. The van der Waals surface area contributed by atoms with Crippen molar-refractivity contribution in [2.75, 3.05) is 0 Å². The molecule has 0 fully saturated rings. The Kier molecular flexibility index (Phi) is 5.37. The molecular formula is C12H17ClO2. The van der Waals surface area contributed by atoms with Gasteiger partial charge in [-0.05, 0) is 44.9 Å². The Morgan fingerprint density at radius 2 is 1.87 bits per heavy atom. The maximum Gasteiger partial charge on any atom is 0.338 e. The van der Waals surface area contributed by atoms with Gasteiger partial charge in [0.25, 0.3) is 0 Å². The van der Waals surface area contributed by atoms with Gasteiger partial charge in [-0.3, -0.25) is 0 Å². The van der Waals surface area contributed by atoms with E-state index in [1.807, 2.05) is 39.8 Å². The zero-order valence-electron chi connectivity index (χ0n) is 9.53. The second kappa shape index (κ2) is 5.76. The highest BCUT2D eigenvalue weighted by Gasteiger charge is 2.12. The van der Waals surface area contributed by atoms with E-state index in [0.29, 0.717) is 5.56 Å². The van der Waals surface area contributed by atoms with Gasteiger partial charge in [-0.25, -0.2) is 4.79 Å². The topological polar surface area (TPSA) is 26.3 Å². The molecule has 0 saturated heterocycles. The quantitative estimate of drug-likeness (QED) is 0.727. The lowest BCUT2D eigenvalue weighted by molar-refractivity contribution is 0.0377. The second-order valence-corrected chi connectivity index (χ2v) is 3.70. The summed E-state index contributed by atoms with van der Waals surface area (Å²) in [6, 6.07) is 5.66. The highest BCUT2D eigenvalue weighted by Crippen LogP contribution is 2.14. The van der Waals surface area contributed by atoms with Crippen LogP contribution in [0.25, 0.3) is 0 Å². The average Bonchev–Trinajstić information content (AvgIpc) is 2.08. The number of ether oxygens (including phenoxy) is 1. The Hall–Kier alpha value is -1.02. The van der Waals surface area contributed by atoms with Crippen molar-refractivity contribution in [2.45, 2.75) is 33.8 Å². The van der Waals surface area contributed by atoms with E-state index in [4.69, 9.17) is 4.74 Å². The molecule has 0 aliphatic rings. The average molecular weight is 229 g/mol. The van der Waals surface area contributed by atoms with Crippen molar-refractivity contribution in [3.8, 4) is 0 Å². The largest absolute Gasteiger partial charge is 0.459 e. The summed E-state index contributed by atoms with van der Waals surface area (Å²) in [7, 11) is 0. The summed E-state index contributed by atoms with van der Waals surface area (Å²) in [5, 5.41) is 0. The van der Waals surface area contributed by atoms with Crippen LogP contribution in [0.1, 0.15) is 35.3 Å². The normalized spacial score (nSPS) is 9.67. The van der Waals surface area contributed by atoms with Gasteiger partial charge in [-0.2, -0.15) is 0 Å². The summed E-state index contributed by atoms with van der Waals surface area (Å²) in [6.45, 7) is 7.62. The second-order valence-electron chi connectivity index (χ2n) is 3.70. The summed E-state index contributed by atoms with van der Waals surface area (Å²) in [4.78, 5) is 11.6. The molecule has 0 heterocycles. The molecule has 0 unspecified atom stereocenters. The van der Waals surface area contributed by atoms with Gasteiger partial charge < -0.3 is 4.74 Å². The lowest BCUT2D eigenvalue weighted by Gasteiger charge is -2.10. The molecule has 0 saturated carbocycles. The van der Waals surface area contributed by atoms with Crippen molar-refractivity contribution < 1.29 is 9.53 Å². The molecular weight excluding hydrogens is 212 g/mol. The van der Waals surface area contributed by atoms with Gasteiger partial charge in [0.1, 0.15) is 0 Å². The number of carbonyl (C=O) groups excluding carboxylic acids is 1. The van der Waals surface area contributed by atoms with Crippen LogP contribution in [-0.2, 0) is 4.74 Å². The summed E-state index contributed by atoms with van der Waals surface area (Å²) >= 11 is 0. The molecule has 0 aliphatic heterocycles. The molecule has 1 aromatic carbocycles. The minimum atomic E-state index is -0.235. The third-order valence-corrected chi connectivity index (χ3v) is 2.17. The van der Waals surface area contributed by atoms with Crippen LogP contribution >= 0.6 is 12.4 Å². The summed E-state index contributed by atoms with van der Waals surface area (Å²) in [5.74, 6) is -0.235. The Morgan fingerprint density at radius 1 is 1.27 bits per heavy atom. The molecule has 0 bridgehead atoms. The highest BCUT2D eigenvalue weighted by molar-refractivity contribution is 5.91.